The molecule has 0 heterocycles. The smallest absolute Gasteiger partial charge is 0.171 e. The first-order valence-electron chi connectivity index (χ1n) is 4.74. The molecule has 1 aromatic rings. The zero-order chi connectivity index (χ0) is 9.71. The van der Waals surface area contributed by atoms with Crippen LogP contribution in [0.2, 0.25) is 0 Å². The highest BCUT2D eigenvalue weighted by Gasteiger charge is 2.41. The number of halogens is 1. The molecule has 0 saturated heterocycles. The number of ketones is 1. The maximum Gasteiger partial charge on any atom is 0.171 e. The minimum Gasteiger partial charge on any atom is -0.293 e. The Morgan fingerprint density at radius 3 is 2.64 bits per heavy atom. The molecule has 0 radical (unpaired) electrons. The average Bonchev–Trinajstić information content (AvgIpc) is 2.51. The molecule has 2 aliphatic rings. The Morgan fingerprint density at radius 1 is 1.07 bits per heavy atom. The Bertz CT molecular complexity index is 436. The van der Waals surface area contributed by atoms with E-state index in [1.54, 1.807) is 0 Å². The van der Waals surface area contributed by atoms with Crippen LogP contribution in [0.3, 0.4) is 0 Å². The molecule has 2 aliphatic carbocycles. The van der Waals surface area contributed by atoms with Crippen molar-refractivity contribution in [3.63, 3.8) is 0 Å². The van der Waals surface area contributed by atoms with Gasteiger partial charge in [0.1, 0.15) is 0 Å². The number of alkyl halides is 1. The van der Waals surface area contributed by atoms with Crippen molar-refractivity contribution < 1.29 is 4.79 Å². The van der Waals surface area contributed by atoms with Gasteiger partial charge in [0.2, 0.25) is 0 Å². The molecule has 2 heteroatoms. The molecule has 0 aliphatic heterocycles. The average molecular weight is 249 g/mol. The predicted octanol–water partition coefficient (Wildman–Crippen LogP) is 2.92. The van der Waals surface area contributed by atoms with Crippen molar-refractivity contribution >= 4 is 21.7 Å². The van der Waals surface area contributed by atoms with Crippen LogP contribution in [0.1, 0.15) is 21.8 Å². The maximum absolute atomic E-state index is 12.0. The molecular weight excluding hydrogens is 240 g/mol. The van der Waals surface area contributed by atoms with E-state index in [-0.39, 0.29) is 16.5 Å². The van der Waals surface area contributed by atoms with E-state index >= 15 is 0 Å². The Labute approximate surface area is 90.9 Å². The molecular formula is C12H9BrO. The fourth-order valence-corrected chi connectivity index (χ4v) is 3.25. The van der Waals surface area contributed by atoms with Crippen LogP contribution in [0.5, 0.6) is 0 Å². The molecule has 0 amide bonds. The summed E-state index contributed by atoms with van der Waals surface area (Å²) in [6, 6.07) is 7.92. The monoisotopic (exact) mass is 248 g/mol. The normalized spacial score (nSPS) is 33.2. The number of carbonyl (C=O) groups excluding carboxylic acids is 1. The lowest BCUT2D eigenvalue weighted by Crippen LogP contribution is -2.29. The zero-order valence-electron chi connectivity index (χ0n) is 7.48. The molecule has 2 bridgehead atoms. The van der Waals surface area contributed by atoms with Gasteiger partial charge in [0.15, 0.2) is 5.78 Å². The third-order valence-electron chi connectivity index (χ3n) is 3.10. The number of Topliss-reactive ketones (excluding diaryl/α,β-unsaturated/α-hetero) is 1. The van der Waals surface area contributed by atoms with Crippen molar-refractivity contribution in [2.45, 2.75) is 10.7 Å². The summed E-state index contributed by atoms with van der Waals surface area (Å²) in [6.45, 7) is 0. The molecule has 0 unspecified atom stereocenters. The minimum atomic E-state index is 0.0508. The second kappa shape index (κ2) is 2.80. The number of allylic oxidation sites excluding steroid dienone is 2. The Balaban J connectivity index is 2.26. The summed E-state index contributed by atoms with van der Waals surface area (Å²) in [4.78, 5) is 12.3. The summed E-state index contributed by atoms with van der Waals surface area (Å²) < 4.78 is 0. The van der Waals surface area contributed by atoms with Crippen LogP contribution in [0, 0.1) is 5.92 Å². The van der Waals surface area contributed by atoms with Crippen LogP contribution in [-0.4, -0.2) is 10.6 Å². The number of hydrogen-bond acceptors (Lipinski definition) is 1. The van der Waals surface area contributed by atoms with E-state index in [2.05, 4.69) is 28.1 Å². The summed E-state index contributed by atoms with van der Waals surface area (Å²) in [5.74, 6) is 0.691. The van der Waals surface area contributed by atoms with Gasteiger partial charge in [0.05, 0.1) is 5.92 Å². The van der Waals surface area contributed by atoms with Crippen molar-refractivity contribution in [2.75, 3.05) is 0 Å². The van der Waals surface area contributed by atoms with E-state index in [1.807, 2.05) is 24.3 Å². The number of carbonyl (C=O) groups is 1. The molecule has 1 nitrogen and oxygen atoms in total. The van der Waals surface area contributed by atoms with Gasteiger partial charge in [-0.05, 0) is 5.56 Å². The van der Waals surface area contributed by atoms with Gasteiger partial charge in [-0.3, -0.25) is 4.79 Å². The van der Waals surface area contributed by atoms with Gasteiger partial charge in [0, 0.05) is 16.3 Å². The Kier molecular flexibility index (Phi) is 1.68. The van der Waals surface area contributed by atoms with Gasteiger partial charge in [-0.1, -0.05) is 52.3 Å². The quantitative estimate of drug-likeness (QED) is 0.510. The summed E-state index contributed by atoms with van der Waals surface area (Å²) in [5.41, 5.74) is 2.08. The van der Waals surface area contributed by atoms with Crippen molar-refractivity contribution in [2.24, 2.45) is 5.92 Å². The summed E-state index contributed by atoms with van der Waals surface area (Å²) in [7, 11) is 0. The largest absolute Gasteiger partial charge is 0.293 e. The highest BCUT2D eigenvalue weighted by Crippen LogP contribution is 2.45. The van der Waals surface area contributed by atoms with E-state index in [9.17, 15) is 4.79 Å². The molecule has 3 rings (SSSR count). The lowest BCUT2D eigenvalue weighted by Gasteiger charge is -2.27. The van der Waals surface area contributed by atoms with E-state index in [4.69, 9.17) is 0 Å². The zero-order valence-corrected chi connectivity index (χ0v) is 9.07. The van der Waals surface area contributed by atoms with Gasteiger partial charge < -0.3 is 0 Å². The lowest BCUT2D eigenvalue weighted by molar-refractivity contribution is 0.0938. The Morgan fingerprint density at radius 2 is 1.79 bits per heavy atom. The van der Waals surface area contributed by atoms with Crippen LogP contribution in [0.25, 0.3) is 0 Å². The lowest BCUT2D eigenvalue weighted by atomic mass is 9.81. The number of benzene rings is 1. The van der Waals surface area contributed by atoms with Gasteiger partial charge in [0.25, 0.3) is 0 Å². The highest BCUT2D eigenvalue weighted by atomic mass is 79.9. The summed E-state index contributed by atoms with van der Waals surface area (Å²) in [5, 5.41) is 0. The number of rotatable bonds is 0. The summed E-state index contributed by atoms with van der Waals surface area (Å²) >= 11 is 3.61. The molecule has 0 aromatic heterocycles. The Hall–Kier alpha value is -0.890. The van der Waals surface area contributed by atoms with Crippen molar-refractivity contribution in [1.82, 2.24) is 0 Å². The fraction of sp³-hybridized carbons (Fsp3) is 0.250. The molecule has 3 atom stereocenters. The van der Waals surface area contributed by atoms with Gasteiger partial charge in [-0.15, -0.1) is 0 Å². The van der Waals surface area contributed by atoms with Crippen LogP contribution < -0.4 is 0 Å². The second-order valence-electron chi connectivity index (χ2n) is 3.83. The van der Waals surface area contributed by atoms with Crippen molar-refractivity contribution in [3.8, 4) is 0 Å². The molecule has 14 heavy (non-hydrogen) atoms. The second-order valence-corrected chi connectivity index (χ2v) is 4.89. The van der Waals surface area contributed by atoms with Crippen LogP contribution >= 0.6 is 15.9 Å². The third kappa shape index (κ3) is 0.921. The predicted molar refractivity (Wildman–Crippen MR) is 58.9 cm³/mol. The molecule has 0 saturated carbocycles. The van der Waals surface area contributed by atoms with Gasteiger partial charge in [-0.2, -0.15) is 0 Å². The van der Waals surface area contributed by atoms with E-state index in [0.29, 0.717) is 5.92 Å². The fourth-order valence-electron chi connectivity index (χ4n) is 2.37. The number of hydrogen-bond donors (Lipinski definition) is 0. The van der Waals surface area contributed by atoms with Crippen molar-refractivity contribution in [1.29, 1.82) is 0 Å². The SMILES string of the molecule is O=C1c2ccccc2[C@@H]2C=C[C@H]1[C@H]2Br. The van der Waals surface area contributed by atoms with Crippen LogP contribution in [0.4, 0.5) is 0 Å². The van der Waals surface area contributed by atoms with E-state index in [1.165, 1.54) is 5.56 Å². The van der Waals surface area contributed by atoms with E-state index < -0.39 is 0 Å². The summed E-state index contributed by atoms with van der Waals surface area (Å²) in [6.07, 6.45) is 4.18. The third-order valence-corrected chi connectivity index (χ3v) is 4.24. The highest BCUT2D eigenvalue weighted by molar-refractivity contribution is 9.09. The topological polar surface area (TPSA) is 17.1 Å². The first-order chi connectivity index (χ1) is 6.79. The number of fused-ring (bicyclic) bond motifs is 4. The van der Waals surface area contributed by atoms with Gasteiger partial charge in [-0.25, -0.2) is 0 Å². The maximum atomic E-state index is 12.0. The molecule has 0 fully saturated rings. The molecule has 70 valence electrons. The molecule has 1 aromatic carbocycles. The first kappa shape index (κ1) is 8.42. The van der Waals surface area contributed by atoms with E-state index in [0.717, 1.165) is 5.56 Å². The van der Waals surface area contributed by atoms with Crippen LogP contribution in [-0.2, 0) is 0 Å². The van der Waals surface area contributed by atoms with Crippen LogP contribution in [0.15, 0.2) is 36.4 Å². The standard InChI is InChI=1S/C12H9BrO/c13-11-8-5-6-10(11)12(14)9-4-2-1-3-7(8)9/h1-6,8,10-11H/t8-,10-,11-/m0/s1. The molecule has 0 spiro atoms. The van der Waals surface area contributed by atoms with Crippen molar-refractivity contribution in [3.05, 3.63) is 47.5 Å². The minimum absolute atomic E-state index is 0.0508. The van der Waals surface area contributed by atoms with Gasteiger partial charge >= 0.3 is 0 Å². The first-order valence-corrected chi connectivity index (χ1v) is 5.66. The molecule has 0 N–H and O–H groups in total.